The van der Waals surface area contributed by atoms with Gasteiger partial charge < -0.3 is 14.0 Å². The van der Waals surface area contributed by atoms with E-state index >= 15 is 0 Å². The van der Waals surface area contributed by atoms with Crippen molar-refractivity contribution in [1.82, 2.24) is 30.3 Å². The molecule has 5 heterocycles. The molecule has 1 fully saturated rings. The molecule has 0 radical (unpaired) electrons. The van der Waals surface area contributed by atoms with Crippen LogP contribution < -0.4 is 9.64 Å². The number of hydrogen-bond donors (Lipinski definition) is 0. The first-order valence-corrected chi connectivity index (χ1v) is 9.62. The third-order valence-electron chi connectivity index (χ3n) is 5.45. The Balaban J connectivity index is 1.23. The molecule has 1 amide bonds. The molecule has 2 aliphatic rings. The van der Waals surface area contributed by atoms with E-state index < -0.39 is 6.10 Å². The van der Waals surface area contributed by atoms with Gasteiger partial charge in [-0.05, 0) is 57.4 Å². The number of aromatic nitrogens is 6. The lowest BCUT2D eigenvalue weighted by molar-refractivity contribution is 0.0886. The number of carbonyl (C=O) groups is 1. The molecular weight excluding hydrogens is 402 g/mol. The predicted octanol–water partition coefficient (Wildman–Crippen LogP) is 2.04. The Bertz CT molecular complexity index is 1230. The number of cyclic esters (lactones) is 1. The summed E-state index contributed by atoms with van der Waals surface area (Å²) in [7, 11) is 0. The third-order valence-corrected chi connectivity index (χ3v) is 5.45. The van der Waals surface area contributed by atoms with E-state index in [0.717, 1.165) is 22.4 Å². The maximum Gasteiger partial charge on any atom is 0.415 e. The monoisotopic (exact) mass is 417 g/mol. The smallest absolute Gasteiger partial charge is 0.415 e. The van der Waals surface area contributed by atoms with E-state index in [4.69, 9.17) is 14.0 Å². The van der Waals surface area contributed by atoms with Crippen molar-refractivity contribution in [2.45, 2.75) is 18.6 Å². The Kier molecular flexibility index (Phi) is 3.91. The molecule has 3 aromatic heterocycles. The van der Waals surface area contributed by atoms with Crippen molar-refractivity contribution in [2.24, 2.45) is 0 Å². The van der Waals surface area contributed by atoms with E-state index in [0.29, 0.717) is 18.1 Å². The van der Waals surface area contributed by atoms with E-state index in [1.807, 2.05) is 24.3 Å². The number of ether oxygens (including phenoxy) is 2. The van der Waals surface area contributed by atoms with Crippen LogP contribution in [0, 0.1) is 0 Å². The van der Waals surface area contributed by atoms with Gasteiger partial charge in [-0.3, -0.25) is 4.90 Å². The first kappa shape index (κ1) is 17.6. The second-order valence-corrected chi connectivity index (χ2v) is 7.22. The number of anilines is 1. The fourth-order valence-corrected chi connectivity index (χ4v) is 4.00. The highest BCUT2D eigenvalue weighted by Gasteiger charge is 2.47. The molecule has 11 heteroatoms. The van der Waals surface area contributed by atoms with Crippen molar-refractivity contribution in [3.63, 3.8) is 0 Å². The minimum absolute atomic E-state index is 0.120. The Morgan fingerprint density at radius 3 is 2.87 bits per heavy atom. The molecule has 1 saturated heterocycles. The minimum atomic E-state index is -0.391. The molecule has 0 bridgehead atoms. The summed E-state index contributed by atoms with van der Waals surface area (Å²) >= 11 is 0. The maximum atomic E-state index is 12.5. The van der Waals surface area contributed by atoms with Crippen molar-refractivity contribution in [3.8, 4) is 22.8 Å². The van der Waals surface area contributed by atoms with Crippen LogP contribution in [0.3, 0.4) is 0 Å². The van der Waals surface area contributed by atoms with Crippen LogP contribution in [0.4, 0.5) is 10.5 Å². The predicted molar refractivity (Wildman–Crippen MR) is 105 cm³/mol. The first-order valence-electron chi connectivity index (χ1n) is 9.62. The van der Waals surface area contributed by atoms with Crippen LogP contribution in [0.25, 0.3) is 16.9 Å². The van der Waals surface area contributed by atoms with Gasteiger partial charge in [0.1, 0.15) is 19.2 Å². The van der Waals surface area contributed by atoms with Crippen LogP contribution in [0.1, 0.15) is 5.56 Å². The zero-order valence-electron chi connectivity index (χ0n) is 16.0. The first-order chi connectivity index (χ1) is 15.3. The van der Waals surface area contributed by atoms with Gasteiger partial charge in [-0.15, -0.1) is 5.10 Å². The molecule has 0 spiro atoms. The number of fused-ring (bicyclic) bond motifs is 3. The van der Waals surface area contributed by atoms with Crippen molar-refractivity contribution >= 4 is 11.8 Å². The summed E-state index contributed by atoms with van der Waals surface area (Å²) < 4.78 is 17.4. The highest BCUT2D eigenvalue weighted by molar-refractivity contribution is 5.94. The minimum Gasteiger partial charge on any atom is -0.471 e. The summed E-state index contributed by atoms with van der Waals surface area (Å²) in [6.07, 6.45) is 4.62. The van der Waals surface area contributed by atoms with Gasteiger partial charge in [-0.2, -0.15) is 4.68 Å². The number of benzene rings is 1. The van der Waals surface area contributed by atoms with Crippen LogP contribution in [-0.2, 0) is 11.2 Å². The number of nitrogens with zero attached hydrogens (tertiary/aromatic N) is 7. The Labute approximate surface area is 175 Å². The highest BCUT2D eigenvalue weighted by Crippen LogP contribution is 2.40. The van der Waals surface area contributed by atoms with Gasteiger partial charge in [0.05, 0.1) is 11.7 Å². The summed E-state index contributed by atoms with van der Waals surface area (Å²) in [5.74, 6) is 0.998. The van der Waals surface area contributed by atoms with Gasteiger partial charge in [-0.1, -0.05) is 6.07 Å². The van der Waals surface area contributed by atoms with Crippen LogP contribution in [0.5, 0.6) is 5.88 Å². The fraction of sp³-hybridized carbons (Fsp3) is 0.200. The molecule has 11 nitrogen and oxygen atoms in total. The van der Waals surface area contributed by atoms with Gasteiger partial charge in [0.2, 0.25) is 0 Å². The lowest BCUT2D eigenvalue weighted by atomic mass is 10.0. The van der Waals surface area contributed by atoms with Crippen LogP contribution in [-0.4, -0.2) is 55.2 Å². The number of amides is 1. The van der Waals surface area contributed by atoms with E-state index in [2.05, 4.69) is 31.7 Å². The van der Waals surface area contributed by atoms with Gasteiger partial charge in [-0.25, -0.2) is 9.78 Å². The van der Waals surface area contributed by atoms with Gasteiger partial charge >= 0.3 is 6.09 Å². The zero-order valence-corrected chi connectivity index (χ0v) is 16.0. The lowest BCUT2D eigenvalue weighted by Crippen LogP contribution is -2.36. The maximum absolute atomic E-state index is 12.5. The number of pyridine rings is 1. The third kappa shape index (κ3) is 2.98. The normalized spacial score (nSPS) is 19.2. The Morgan fingerprint density at radius 2 is 2.10 bits per heavy atom. The zero-order chi connectivity index (χ0) is 20.8. The van der Waals surface area contributed by atoms with Crippen LogP contribution in [0.15, 0.2) is 59.7 Å². The molecule has 4 aromatic rings. The SMILES string of the molecule is O=C1O[C@@H](COc2ccon2)C2Cc3cc(-c4ccc(-n5cnnn5)nc4)ccc3N12. The molecule has 0 saturated carbocycles. The van der Waals surface area contributed by atoms with Crippen molar-refractivity contribution < 1.29 is 18.8 Å². The summed E-state index contributed by atoms with van der Waals surface area (Å²) in [6.45, 7) is 0.211. The molecule has 1 unspecified atom stereocenters. The number of tetrazole rings is 1. The Morgan fingerprint density at radius 1 is 1.16 bits per heavy atom. The second-order valence-electron chi connectivity index (χ2n) is 7.22. The number of hydrogen-bond acceptors (Lipinski definition) is 9. The Hall–Kier alpha value is -4.28. The van der Waals surface area contributed by atoms with Gasteiger partial charge in [0.15, 0.2) is 11.9 Å². The second kappa shape index (κ2) is 6.90. The van der Waals surface area contributed by atoms with Gasteiger partial charge in [0, 0.05) is 17.8 Å². The van der Waals surface area contributed by atoms with E-state index in [1.165, 1.54) is 17.3 Å². The van der Waals surface area contributed by atoms with E-state index in [-0.39, 0.29) is 18.7 Å². The lowest BCUT2D eigenvalue weighted by Gasteiger charge is -2.16. The topological polar surface area (TPSA) is 121 Å². The number of carbonyl (C=O) groups excluding carboxylic acids is 1. The average molecular weight is 417 g/mol. The quantitative estimate of drug-likeness (QED) is 0.480. The fourth-order valence-electron chi connectivity index (χ4n) is 4.00. The number of rotatable bonds is 5. The van der Waals surface area contributed by atoms with Gasteiger partial charge in [0.25, 0.3) is 5.88 Å². The largest absolute Gasteiger partial charge is 0.471 e. The molecule has 2 atom stereocenters. The molecule has 0 aliphatic carbocycles. The summed E-state index contributed by atoms with van der Waals surface area (Å²) in [5.41, 5.74) is 3.91. The van der Waals surface area contributed by atoms with E-state index in [9.17, 15) is 4.79 Å². The van der Waals surface area contributed by atoms with Crippen molar-refractivity contribution in [3.05, 3.63) is 60.7 Å². The molecule has 154 valence electrons. The molecule has 1 aromatic carbocycles. The summed E-state index contributed by atoms with van der Waals surface area (Å²) in [4.78, 5) is 18.6. The summed E-state index contributed by atoms with van der Waals surface area (Å²) in [6, 6.07) is 11.3. The van der Waals surface area contributed by atoms with Crippen molar-refractivity contribution in [1.29, 1.82) is 0 Å². The molecule has 31 heavy (non-hydrogen) atoms. The molecule has 6 rings (SSSR count). The van der Waals surface area contributed by atoms with Crippen molar-refractivity contribution in [2.75, 3.05) is 11.5 Å². The van der Waals surface area contributed by atoms with E-state index in [1.54, 1.807) is 17.2 Å². The van der Waals surface area contributed by atoms with Crippen LogP contribution in [0.2, 0.25) is 0 Å². The molecule has 0 N–H and O–H groups in total. The molecular formula is C20H15N7O4. The molecule has 2 aliphatic heterocycles. The standard InChI is InChI=1S/C20H15N7O4/c28-20-27-15-3-1-12(13-2-4-18(21-9-13)26-11-22-24-25-26)7-14(15)8-16(27)17(31-20)10-29-19-5-6-30-23-19/h1-7,9,11,16-17H,8,10H2/t16?,17-/m0/s1. The highest BCUT2D eigenvalue weighted by atomic mass is 16.6. The average Bonchev–Trinajstić information content (AvgIpc) is 3.58. The summed E-state index contributed by atoms with van der Waals surface area (Å²) in [5, 5.41) is 14.8. The van der Waals surface area contributed by atoms with Crippen LogP contribution >= 0.6 is 0 Å².